The monoisotopic (exact) mass is 207 g/mol. The van der Waals surface area contributed by atoms with Crippen molar-refractivity contribution in [1.29, 1.82) is 0 Å². The van der Waals surface area contributed by atoms with Gasteiger partial charge in [0.15, 0.2) is 5.82 Å². The lowest BCUT2D eigenvalue weighted by molar-refractivity contribution is 1.20. The van der Waals surface area contributed by atoms with Gasteiger partial charge in [0.05, 0.1) is 5.69 Å². The number of aromatic nitrogens is 3. The molecule has 1 N–H and O–H groups in total. The molecule has 0 aliphatic rings. The quantitative estimate of drug-likeness (QED) is 0.731. The molecule has 2 aromatic rings. The Hall–Kier alpha value is -1.35. The number of nitrogens with zero attached hydrogens (tertiary/aromatic N) is 2. The largest absolute Gasteiger partial charge is 0.341 e. The highest BCUT2D eigenvalue weighted by Crippen LogP contribution is 2.17. The summed E-state index contributed by atoms with van der Waals surface area (Å²) in [7, 11) is 0. The summed E-state index contributed by atoms with van der Waals surface area (Å²) in [5, 5.41) is 0.481. The Morgan fingerprint density at radius 2 is 2.00 bits per heavy atom. The van der Waals surface area contributed by atoms with Crippen LogP contribution in [0.1, 0.15) is 11.4 Å². The third-order valence-electron chi connectivity index (χ3n) is 2.09. The molecule has 4 heteroatoms. The zero-order valence-electron chi connectivity index (χ0n) is 8.00. The predicted molar refractivity (Wildman–Crippen MR) is 56.3 cm³/mol. The molecule has 0 spiro atoms. The van der Waals surface area contributed by atoms with Gasteiger partial charge >= 0.3 is 0 Å². The molecule has 2 heterocycles. The number of aromatic amines is 1. The number of rotatable bonds is 1. The number of hydrogen-bond donors (Lipinski definition) is 1. The van der Waals surface area contributed by atoms with Gasteiger partial charge in [0.2, 0.25) is 0 Å². The average Bonchev–Trinajstić information content (AvgIpc) is 2.47. The van der Waals surface area contributed by atoms with Crippen molar-refractivity contribution < 1.29 is 0 Å². The van der Waals surface area contributed by atoms with E-state index in [-0.39, 0.29) is 0 Å². The second kappa shape index (κ2) is 3.42. The van der Waals surface area contributed by atoms with Crippen LogP contribution in [0.5, 0.6) is 0 Å². The molecule has 0 aliphatic heterocycles. The predicted octanol–water partition coefficient (Wildman–Crippen LogP) is 2.74. The van der Waals surface area contributed by atoms with Crippen molar-refractivity contribution in [2.24, 2.45) is 0 Å². The number of nitrogens with one attached hydrogen (secondary N) is 1. The molecule has 2 rings (SSSR count). The van der Waals surface area contributed by atoms with Crippen molar-refractivity contribution >= 4 is 11.6 Å². The number of halogens is 1. The van der Waals surface area contributed by atoms with Gasteiger partial charge in [-0.15, -0.1) is 0 Å². The molecule has 0 aromatic carbocycles. The number of imidazole rings is 1. The standard InChI is InChI=1S/C10H10ClN3/c1-6-7(2)13-10(12-6)8-4-3-5-9(11)14-8/h3-5H,1-2H3,(H,12,13). The van der Waals surface area contributed by atoms with Crippen LogP contribution in [0.4, 0.5) is 0 Å². The summed E-state index contributed by atoms with van der Waals surface area (Å²) in [5.41, 5.74) is 2.82. The van der Waals surface area contributed by atoms with Crippen LogP contribution in [0.3, 0.4) is 0 Å². The first-order valence-electron chi connectivity index (χ1n) is 4.33. The molecule has 0 atom stereocenters. The van der Waals surface area contributed by atoms with Gasteiger partial charge in [-0.3, -0.25) is 0 Å². The molecule has 0 radical (unpaired) electrons. The molecule has 2 aromatic heterocycles. The normalized spacial score (nSPS) is 10.5. The lowest BCUT2D eigenvalue weighted by atomic mass is 10.3. The maximum absolute atomic E-state index is 5.79. The summed E-state index contributed by atoms with van der Waals surface area (Å²) in [6.07, 6.45) is 0. The van der Waals surface area contributed by atoms with Crippen LogP contribution in [0, 0.1) is 13.8 Å². The summed E-state index contributed by atoms with van der Waals surface area (Å²) in [5.74, 6) is 0.766. The molecule has 72 valence electrons. The van der Waals surface area contributed by atoms with Gasteiger partial charge < -0.3 is 4.98 Å². The van der Waals surface area contributed by atoms with Gasteiger partial charge in [-0.2, -0.15) is 0 Å². The van der Waals surface area contributed by atoms with Gasteiger partial charge in [-0.1, -0.05) is 17.7 Å². The number of aryl methyl sites for hydroxylation is 2. The highest BCUT2D eigenvalue weighted by atomic mass is 35.5. The van der Waals surface area contributed by atoms with Crippen LogP contribution in [0.25, 0.3) is 11.5 Å². The molecule has 3 nitrogen and oxygen atoms in total. The topological polar surface area (TPSA) is 41.6 Å². The number of H-pyrrole nitrogens is 1. The maximum Gasteiger partial charge on any atom is 0.156 e. The second-order valence-corrected chi connectivity index (χ2v) is 3.53. The van der Waals surface area contributed by atoms with Gasteiger partial charge in [-0.25, -0.2) is 9.97 Å². The van der Waals surface area contributed by atoms with E-state index in [9.17, 15) is 0 Å². The Bertz CT molecular complexity index is 443. The first-order valence-corrected chi connectivity index (χ1v) is 4.71. The van der Waals surface area contributed by atoms with Crippen LogP contribution < -0.4 is 0 Å². The molecule has 0 aliphatic carbocycles. The van der Waals surface area contributed by atoms with E-state index in [4.69, 9.17) is 11.6 Å². The summed E-state index contributed by atoms with van der Waals surface area (Å²) in [6, 6.07) is 5.48. The molecule has 0 saturated carbocycles. The van der Waals surface area contributed by atoms with Gasteiger partial charge in [-0.05, 0) is 26.0 Å². The van der Waals surface area contributed by atoms with E-state index in [2.05, 4.69) is 15.0 Å². The molecule has 0 amide bonds. The smallest absolute Gasteiger partial charge is 0.156 e. The van der Waals surface area contributed by atoms with E-state index in [1.165, 1.54) is 0 Å². The Kier molecular flexibility index (Phi) is 2.25. The van der Waals surface area contributed by atoms with Crippen LogP contribution >= 0.6 is 11.6 Å². The maximum atomic E-state index is 5.79. The van der Waals surface area contributed by atoms with Crippen molar-refractivity contribution in [3.05, 3.63) is 34.7 Å². The molecule has 0 unspecified atom stereocenters. The first-order chi connectivity index (χ1) is 6.66. The summed E-state index contributed by atoms with van der Waals surface area (Å²) >= 11 is 5.79. The summed E-state index contributed by atoms with van der Waals surface area (Å²) < 4.78 is 0. The minimum absolute atomic E-state index is 0.481. The first kappa shape index (κ1) is 9.21. The summed E-state index contributed by atoms with van der Waals surface area (Å²) in [4.78, 5) is 11.7. The Morgan fingerprint density at radius 3 is 2.57 bits per heavy atom. The third kappa shape index (κ3) is 1.63. The van der Waals surface area contributed by atoms with Gasteiger partial charge in [0.25, 0.3) is 0 Å². The highest BCUT2D eigenvalue weighted by Gasteiger charge is 2.06. The van der Waals surface area contributed by atoms with E-state index < -0.39 is 0 Å². The SMILES string of the molecule is Cc1nc(-c2cccc(Cl)n2)[nH]c1C. The second-order valence-electron chi connectivity index (χ2n) is 3.14. The number of hydrogen-bond acceptors (Lipinski definition) is 2. The van der Waals surface area contributed by atoms with Crippen LogP contribution in [-0.4, -0.2) is 15.0 Å². The van der Waals surface area contributed by atoms with Crippen molar-refractivity contribution in [2.45, 2.75) is 13.8 Å². The fourth-order valence-corrected chi connectivity index (χ4v) is 1.37. The highest BCUT2D eigenvalue weighted by molar-refractivity contribution is 6.29. The molecular weight excluding hydrogens is 198 g/mol. The van der Waals surface area contributed by atoms with E-state index >= 15 is 0 Å². The molecule has 14 heavy (non-hydrogen) atoms. The molecular formula is C10H10ClN3. The van der Waals surface area contributed by atoms with Crippen LogP contribution in [0.15, 0.2) is 18.2 Å². The fraction of sp³-hybridized carbons (Fsp3) is 0.200. The lowest BCUT2D eigenvalue weighted by Gasteiger charge is -1.95. The third-order valence-corrected chi connectivity index (χ3v) is 2.30. The van der Waals surface area contributed by atoms with Crippen molar-refractivity contribution in [2.75, 3.05) is 0 Å². The van der Waals surface area contributed by atoms with Crippen molar-refractivity contribution in [1.82, 2.24) is 15.0 Å². The van der Waals surface area contributed by atoms with Crippen molar-refractivity contribution in [3.63, 3.8) is 0 Å². The van der Waals surface area contributed by atoms with Crippen LogP contribution in [0.2, 0.25) is 5.15 Å². The zero-order chi connectivity index (χ0) is 10.1. The fourth-order valence-electron chi connectivity index (χ4n) is 1.21. The average molecular weight is 208 g/mol. The van der Waals surface area contributed by atoms with Gasteiger partial charge in [0, 0.05) is 5.69 Å². The lowest BCUT2D eigenvalue weighted by Crippen LogP contribution is -1.85. The van der Waals surface area contributed by atoms with E-state index in [1.54, 1.807) is 6.07 Å². The Labute approximate surface area is 87.2 Å². The molecule has 0 bridgehead atoms. The molecule has 0 saturated heterocycles. The minimum atomic E-state index is 0.481. The minimum Gasteiger partial charge on any atom is -0.341 e. The zero-order valence-corrected chi connectivity index (χ0v) is 8.76. The van der Waals surface area contributed by atoms with Gasteiger partial charge in [0.1, 0.15) is 10.8 Å². The van der Waals surface area contributed by atoms with E-state index in [1.807, 2.05) is 26.0 Å². The number of pyridine rings is 1. The summed E-state index contributed by atoms with van der Waals surface area (Å²) in [6.45, 7) is 3.94. The van der Waals surface area contributed by atoms with Crippen molar-refractivity contribution in [3.8, 4) is 11.5 Å². The van der Waals surface area contributed by atoms with Crippen LogP contribution in [-0.2, 0) is 0 Å². The molecule has 0 fully saturated rings. The Morgan fingerprint density at radius 1 is 1.21 bits per heavy atom. The van der Waals surface area contributed by atoms with E-state index in [0.29, 0.717) is 5.15 Å². The Balaban J connectivity index is 2.49. The van der Waals surface area contributed by atoms with E-state index in [0.717, 1.165) is 22.9 Å².